The monoisotopic (exact) mass is 502 g/mol. The molecule has 0 unspecified atom stereocenters. The Labute approximate surface area is 212 Å². The third-order valence-corrected chi connectivity index (χ3v) is 7.33. The van der Waals surface area contributed by atoms with Crippen molar-refractivity contribution in [1.82, 2.24) is 9.80 Å². The predicted molar refractivity (Wildman–Crippen MR) is 133 cm³/mol. The summed E-state index contributed by atoms with van der Waals surface area (Å²) < 4.78 is 11.1. The maximum absolute atomic E-state index is 14.2. The minimum Gasteiger partial charge on any atom is -0.353 e. The van der Waals surface area contributed by atoms with Crippen molar-refractivity contribution < 1.29 is 28.7 Å². The van der Waals surface area contributed by atoms with Crippen molar-refractivity contribution in [3.8, 4) is 0 Å². The molecule has 198 valence electrons. The lowest BCUT2D eigenvalue weighted by Crippen LogP contribution is -2.73. The first kappa shape index (κ1) is 27.9. The molecule has 0 saturated carbocycles. The minimum absolute atomic E-state index is 0.132. The van der Waals surface area contributed by atoms with E-state index in [1.807, 2.05) is 0 Å². The fraction of sp³-hybridized carbons (Fsp3) is 0.615. The highest BCUT2D eigenvalue weighted by Gasteiger charge is 2.62. The number of carbonyl (C=O) groups is 4. The molecule has 36 heavy (non-hydrogen) atoms. The van der Waals surface area contributed by atoms with E-state index in [2.05, 4.69) is 0 Å². The van der Waals surface area contributed by atoms with E-state index in [0.29, 0.717) is 38.8 Å². The smallest absolute Gasteiger partial charge is 0.262 e. The van der Waals surface area contributed by atoms with Gasteiger partial charge in [0.1, 0.15) is 6.04 Å². The van der Waals surface area contributed by atoms with Gasteiger partial charge in [0, 0.05) is 26.3 Å². The number of nitrogens with zero attached hydrogens (tertiary/aromatic N) is 2. The van der Waals surface area contributed by atoms with Crippen molar-refractivity contribution in [3.05, 3.63) is 35.4 Å². The van der Waals surface area contributed by atoms with E-state index < -0.39 is 47.4 Å². The number of likely N-dealkylation sites (tertiary alicyclic amines) is 1. The molecule has 1 aromatic rings. The molecule has 2 aliphatic heterocycles. The second kappa shape index (κ2) is 11.6. The molecule has 3 rings (SSSR count). The van der Waals surface area contributed by atoms with E-state index in [0.717, 1.165) is 11.3 Å². The molecule has 10 heteroatoms. The van der Waals surface area contributed by atoms with E-state index in [9.17, 15) is 19.2 Å². The van der Waals surface area contributed by atoms with E-state index >= 15 is 0 Å². The summed E-state index contributed by atoms with van der Waals surface area (Å²) in [5, 5.41) is 0. The predicted octanol–water partition coefficient (Wildman–Crippen LogP) is 1.31. The Kier molecular flexibility index (Phi) is 8.99. The Morgan fingerprint density at radius 2 is 1.75 bits per heavy atom. The molecule has 0 aliphatic carbocycles. The zero-order chi connectivity index (χ0) is 26.6. The van der Waals surface area contributed by atoms with E-state index in [1.165, 1.54) is 25.2 Å². The highest BCUT2D eigenvalue weighted by atomic mass is 16.7. The van der Waals surface area contributed by atoms with Crippen molar-refractivity contribution in [2.24, 2.45) is 17.4 Å². The lowest BCUT2D eigenvalue weighted by molar-refractivity contribution is -0.186. The molecule has 1 saturated heterocycles. The molecule has 4 N–H and O–H groups in total. The first-order valence-electron chi connectivity index (χ1n) is 12.5. The van der Waals surface area contributed by atoms with Gasteiger partial charge in [-0.2, -0.15) is 0 Å². The van der Waals surface area contributed by atoms with Crippen molar-refractivity contribution in [1.29, 1.82) is 0 Å². The molecule has 0 bridgehead atoms. The number of imide groups is 1. The Hall–Kier alpha value is -2.66. The number of benzene rings is 1. The van der Waals surface area contributed by atoms with Gasteiger partial charge in [0.15, 0.2) is 17.6 Å². The first-order chi connectivity index (χ1) is 17.2. The summed E-state index contributed by atoms with van der Waals surface area (Å²) in [6, 6.07) is 4.72. The summed E-state index contributed by atoms with van der Waals surface area (Å²) in [4.78, 5) is 57.9. The number of fused-ring (bicyclic) bond motifs is 1. The number of hydrogen-bond acceptors (Lipinski definition) is 8. The van der Waals surface area contributed by atoms with Crippen LogP contribution in [0.25, 0.3) is 0 Å². The summed E-state index contributed by atoms with van der Waals surface area (Å²) in [6.45, 7) is 4.35. The summed E-state index contributed by atoms with van der Waals surface area (Å²) in [5.41, 5.74) is 10.3. The lowest BCUT2D eigenvalue weighted by Gasteiger charge is -2.50. The number of Topliss-reactive ketones (excluding diaryl/α,β-unsaturated/α-hetero) is 1. The summed E-state index contributed by atoms with van der Waals surface area (Å²) >= 11 is 0. The number of rotatable bonds is 10. The van der Waals surface area contributed by atoms with Gasteiger partial charge in [0.05, 0.1) is 11.6 Å². The van der Waals surface area contributed by atoms with Crippen LogP contribution in [0.5, 0.6) is 0 Å². The Balaban J connectivity index is 2.07. The molecule has 3 atom stereocenters. The van der Waals surface area contributed by atoms with Crippen molar-refractivity contribution >= 4 is 23.5 Å². The Morgan fingerprint density at radius 1 is 1.11 bits per heavy atom. The van der Waals surface area contributed by atoms with Gasteiger partial charge in [-0.15, -0.1) is 0 Å². The molecule has 1 fully saturated rings. The zero-order valence-corrected chi connectivity index (χ0v) is 21.6. The van der Waals surface area contributed by atoms with Crippen LogP contribution in [0, 0.1) is 5.92 Å². The summed E-state index contributed by atoms with van der Waals surface area (Å²) in [7, 11) is 2.73. The average Bonchev–Trinajstić information content (AvgIpc) is 3.36. The maximum Gasteiger partial charge on any atom is 0.262 e. The number of methoxy groups -OCH3 is 2. The standard InChI is InChI=1S/C26H38N4O6/c1-16(2)26(25(35-3)36-4)21(31)17-10-5-6-11-18(17)22(32)30(26)24(34)20-13-9-15-29(20)23(33)19(28)12-7-8-14-27/h5-6,10-11,16,19-20,25H,7-9,12-15,27-28H2,1-4H3/t19-,20-,26+/m0/s1. The molecule has 0 aromatic heterocycles. The molecule has 1 aromatic carbocycles. The minimum atomic E-state index is -1.76. The SMILES string of the molecule is COC(OC)[C@@]1(C(C)C)C(=O)c2ccccc2C(=O)N1C(=O)[C@@H]1CCCN1C(=O)[C@@H](N)CCCCN. The molecular weight excluding hydrogens is 464 g/mol. The maximum atomic E-state index is 14.2. The molecule has 2 heterocycles. The number of unbranched alkanes of at least 4 members (excludes halogenated alkanes) is 1. The number of carbonyl (C=O) groups excluding carboxylic acids is 4. The van der Waals surface area contributed by atoms with Gasteiger partial charge < -0.3 is 25.8 Å². The molecular formula is C26H38N4O6. The van der Waals surface area contributed by atoms with Crippen LogP contribution in [0.4, 0.5) is 0 Å². The molecule has 3 amide bonds. The van der Waals surface area contributed by atoms with Gasteiger partial charge in [0.25, 0.3) is 11.8 Å². The first-order valence-corrected chi connectivity index (χ1v) is 12.5. The number of nitrogens with two attached hydrogens (primary N) is 2. The fourth-order valence-electron chi connectivity index (χ4n) is 5.50. The van der Waals surface area contributed by atoms with Gasteiger partial charge in [-0.05, 0) is 44.2 Å². The second-order valence-corrected chi connectivity index (χ2v) is 9.72. The van der Waals surface area contributed by atoms with Gasteiger partial charge in [-0.25, -0.2) is 0 Å². The molecule has 2 aliphatic rings. The lowest BCUT2D eigenvalue weighted by atomic mass is 9.72. The highest BCUT2D eigenvalue weighted by Crippen LogP contribution is 2.41. The quantitative estimate of drug-likeness (QED) is 0.277. The van der Waals surface area contributed by atoms with E-state index in [-0.39, 0.29) is 17.0 Å². The highest BCUT2D eigenvalue weighted by molar-refractivity contribution is 6.22. The van der Waals surface area contributed by atoms with Crippen LogP contribution < -0.4 is 11.5 Å². The fourth-order valence-corrected chi connectivity index (χ4v) is 5.50. The number of amides is 3. The second-order valence-electron chi connectivity index (χ2n) is 9.72. The summed E-state index contributed by atoms with van der Waals surface area (Å²) in [5.74, 6) is -2.58. The third-order valence-electron chi connectivity index (χ3n) is 7.33. The zero-order valence-electron chi connectivity index (χ0n) is 21.6. The van der Waals surface area contributed by atoms with E-state index in [4.69, 9.17) is 20.9 Å². The van der Waals surface area contributed by atoms with E-state index in [1.54, 1.807) is 32.0 Å². The van der Waals surface area contributed by atoms with Crippen molar-refractivity contribution in [2.75, 3.05) is 27.3 Å². The topological polar surface area (TPSA) is 145 Å². The van der Waals surface area contributed by atoms with Crippen molar-refractivity contribution in [2.45, 2.75) is 69.9 Å². The molecule has 10 nitrogen and oxygen atoms in total. The van der Waals surface area contributed by atoms with Gasteiger partial charge in [-0.3, -0.25) is 24.1 Å². The average molecular weight is 503 g/mol. The van der Waals surface area contributed by atoms with Crippen molar-refractivity contribution in [3.63, 3.8) is 0 Å². The van der Waals surface area contributed by atoms with Crippen LogP contribution in [-0.4, -0.2) is 84.5 Å². The van der Waals surface area contributed by atoms with Gasteiger partial charge in [0.2, 0.25) is 5.91 Å². The Morgan fingerprint density at radius 3 is 2.33 bits per heavy atom. The van der Waals surface area contributed by atoms with Crippen LogP contribution in [-0.2, 0) is 19.1 Å². The van der Waals surface area contributed by atoms with Crippen LogP contribution >= 0.6 is 0 Å². The Bertz CT molecular complexity index is 994. The number of ketones is 1. The van der Waals surface area contributed by atoms with Crippen LogP contribution in [0.2, 0.25) is 0 Å². The molecule has 0 radical (unpaired) electrons. The van der Waals surface area contributed by atoms with Crippen LogP contribution in [0.15, 0.2) is 24.3 Å². The van der Waals surface area contributed by atoms with Gasteiger partial charge >= 0.3 is 0 Å². The molecule has 0 spiro atoms. The third kappa shape index (κ3) is 4.58. The van der Waals surface area contributed by atoms with Gasteiger partial charge in [-0.1, -0.05) is 38.5 Å². The number of hydrogen-bond donors (Lipinski definition) is 2. The normalized spacial score (nSPS) is 22.9. The summed E-state index contributed by atoms with van der Waals surface area (Å²) in [6.07, 6.45) is 1.63. The number of ether oxygens (including phenoxy) is 2. The van der Waals surface area contributed by atoms with Crippen LogP contribution in [0.3, 0.4) is 0 Å². The largest absolute Gasteiger partial charge is 0.353 e. The van der Waals surface area contributed by atoms with Crippen LogP contribution in [0.1, 0.15) is 66.7 Å².